The van der Waals surface area contributed by atoms with Gasteiger partial charge >= 0.3 is 12.1 Å². The van der Waals surface area contributed by atoms with E-state index in [1.165, 1.54) is 12.4 Å². The number of ether oxygens (including phenoxy) is 1. The van der Waals surface area contributed by atoms with Gasteiger partial charge in [0.15, 0.2) is 5.69 Å². The van der Waals surface area contributed by atoms with E-state index in [1.807, 2.05) is 32.7 Å². The minimum atomic E-state index is -1.09. The molecule has 0 atom stereocenters. The molecule has 3 rings (SSSR count). The number of amides is 1. The fourth-order valence-electron chi connectivity index (χ4n) is 3.26. The van der Waals surface area contributed by atoms with E-state index < -0.39 is 11.6 Å². The highest BCUT2D eigenvalue weighted by Crippen LogP contribution is 2.51. The van der Waals surface area contributed by atoms with Gasteiger partial charge in [-0.3, -0.25) is 0 Å². The molecule has 0 radical (unpaired) electrons. The van der Waals surface area contributed by atoms with Crippen molar-refractivity contribution in [1.82, 2.24) is 14.9 Å². The SMILES string of the molecule is CN(C(=O)OC(C)(C)C)C1(C2CN(c3cnc(C(=O)O)cn3)C2)CC1. The van der Waals surface area contributed by atoms with E-state index in [-0.39, 0.29) is 17.3 Å². The molecular formula is C17H24N4O4. The van der Waals surface area contributed by atoms with Crippen LogP contribution >= 0.6 is 0 Å². The lowest BCUT2D eigenvalue weighted by Crippen LogP contribution is -2.59. The van der Waals surface area contributed by atoms with Crippen molar-refractivity contribution in [3.8, 4) is 0 Å². The van der Waals surface area contributed by atoms with Crippen LogP contribution in [0.15, 0.2) is 12.4 Å². The number of carboxylic acid groups (broad SMARTS) is 1. The van der Waals surface area contributed by atoms with E-state index in [4.69, 9.17) is 9.84 Å². The fourth-order valence-corrected chi connectivity index (χ4v) is 3.26. The standard InChI is InChI=1S/C17H24N4O4/c1-16(2,3)25-15(24)20(4)17(5-6-17)11-9-21(10-11)13-8-18-12(7-19-13)14(22)23/h7-8,11H,5-6,9-10H2,1-4H3,(H,22,23). The van der Waals surface area contributed by atoms with Crippen molar-refractivity contribution < 1.29 is 19.4 Å². The normalized spacial score (nSPS) is 19.1. The highest BCUT2D eigenvalue weighted by atomic mass is 16.6. The lowest BCUT2D eigenvalue weighted by molar-refractivity contribution is 0.0101. The van der Waals surface area contributed by atoms with Gasteiger partial charge in [0.2, 0.25) is 0 Å². The van der Waals surface area contributed by atoms with Crippen LogP contribution in [-0.4, -0.2) is 63.3 Å². The van der Waals surface area contributed by atoms with Crippen LogP contribution < -0.4 is 4.90 Å². The third kappa shape index (κ3) is 3.38. The lowest BCUT2D eigenvalue weighted by Gasteiger charge is -2.47. The van der Waals surface area contributed by atoms with E-state index >= 15 is 0 Å². The zero-order valence-electron chi connectivity index (χ0n) is 15.0. The highest BCUT2D eigenvalue weighted by Gasteiger charge is 2.58. The first-order chi connectivity index (χ1) is 11.6. The van der Waals surface area contributed by atoms with Crippen LogP contribution in [0.4, 0.5) is 10.6 Å². The Hall–Kier alpha value is -2.38. The van der Waals surface area contributed by atoms with Gasteiger partial charge in [0, 0.05) is 26.1 Å². The smallest absolute Gasteiger partial charge is 0.410 e. The third-order valence-corrected chi connectivity index (χ3v) is 4.92. The zero-order chi connectivity index (χ0) is 18.4. The molecule has 1 saturated heterocycles. The Bertz CT molecular complexity index is 673. The molecule has 1 aromatic heterocycles. The predicted molar refractivity (Wildman–Crippen MR) is 90.7 cm³/mol. The second kappa shape index (κ2) is 5.86. The molecule has 1 amide bonds. The summed E-state index contributed by atoms with van der Waals surface area (Å²) in [6, 6.07) is 0. The Morgan fingerprint density at radius 1 is 1.28 bits per heavy atom. The summed E-state index contributed by atoms with van der Waals surface area (Å²) in [5, 5.41) is 8.87. The van der Waals surface area contributed by atoms with Crippen molar-refractivity contribution in [1.29, 1.82) is 0 Å². The summed E-state index contributed by atoms with van der Waals surface area (Å²) < 4.78 is 5.49. The maximum atomic E-state index is 12.4. The number of aromatic nitrogens is 2. The summed E-state index contributed by atoms with van der Waals surface area (Å²) in [6.45, 7) is 7.14. The first kappa shape index (κ1) is 17.4. The number of hydrogen-bond donors (Lipinski definition) is 1. The number of anilines is 1. The van der Waals surface area contributed by atoms with Gasteiger partial charge < -0.3 is 19.6 Å². The summed E-state index contributed by atoms with van der Waals surface area (Å²) in [6.07, 6.45) is 4.42. The van der Waals surface area contributed by atoms with Crippen LogP contribution in [0.3, 0.4) is 0 Å². The predicted octanol–water partition coefficient (Wildman–Crippen LogP) is 2.01. The van der Waals surface area contributed by atoms with Crippen LogP contribution in [0.2, 0.25) is 0 Å². The van der Waals surface area contributed by atoms with E-state index in [1.54, 1.807) is 4.90 Å². The van der Waals surface area contributed by atoms with E-state index in [0.717, 1.165) is 25.9 Å². The summed E-state index contributed by atoms with van der Waals surface area (Å²) in [5.74, 6) is -0.0700. The molecule has 1 aliphatic heterocycles. The summed E-state index contributed by atoms with van der Waals surface area (Å²) in [7, 11) is 1.81. The number of rotatable bonds is 4. The van der Waals surface area contributed by atoms with Crippen LogP contribution in [0.25, 0.3) is 0 Å². The van der Waals surface area contributed by atoms with Crippen molar-refractivity contribution in [2.75, 3.05) is 25.0 Å². The van der Waals surface area contributed by atoms with Gasteiger partial charge in [0.1, 0.15) is 11.4 Å². The van der Waals surface area contributed by atoms with Crippen LogP contribution in [0.1, 0.15) is 44.1 Å². The van der Waals surface area contributed by atoms with Gasteiger partial charge in [-0.15, -0.1) is 0 Å². The molecule has 1 aliphatic carbocycles. The Labute approximate surface area is 146 Å². The summed E-state index contributed by atoms with van der Waals surface area (Å²) in [4.78, 5) is 35.0. The molecule has 1 saturated carbocycles. The van der Waals surface area contributed by atoms with Gasteiger partial charge in [-0.2, -0.15) is 0 Å². The van der Waals surface area contributed by atoms with Crippen molar-refractivity contribution >= 4 is 17.9 Å². The Balaban J connectivity index is 1.60. The fraction of sp³-hybridized carbons (Fsp3) is 0.647. The lowest BCUT2D eigenvalue weighted by atomic mass is 9.88. The average Bonchev–Trinajstić information content (AvgIpc) is 3.25. The molecular weight excluding hydrogens is 324 g/mol. The minimum Gasteiger partial charge on any atom is -0.476 e. The van der Waals surface area contributed by atoms with Gasteiger partial charge in [0.25, 0.3) is 0 Å². The zero-order valence-corrected chi connectivity index (χ0v) is 15.0. The Morgan fingerprint density at radius 2 is 1.92 bits per heavy atom. The van der Waals surface area contributed by atoms with E-state index in [9.17, 15) is 9.59 Å². The Kier molecular flexibility index (Phi) is 4.09. The van der Waals surface area contributed by atoms with Crippen LogP contribution in [0.5, 0.6) is 0 Å². The van der Waals surface area contributed by atoms with Crippen LogP contribution in [0, 0.1) is 5.92 Å². The van der Waals surface area contributed by atoms with Crippen molar-refractivity contribution in [3.05, 3.63) is 18.1 Å². The number of hydrogen-bond acceptors (Lipinski definition) is 6. The molecule has 8 nitrogen and oxygen atoms in total. The van der Waals surface area contributed by atoms with Crippen molar-refractivity contribution in [3.63, 3.8) is 0 Å². The largest absolute Gasteiger partial charge is 0.476 e. The maximum Gasteiger partial charge on any atom is 0.410 e. The summed E-state index contributed by atoms with van der Waals surface area (Å²) >= 11 is 0. The first-order valence-corrected chi connectivity index (χ1v) is 8.39. The summed E-state index contributed by atoms with van der Waals surface area (Å²) in [5.41, 5.74) is -0.703. The van der Waals surface area contributed by atoms with Gasteiger partial charge in [0.05, 0.1) is 17.9 Å². The number of nitrogens with zero attached hydrogens (tertiary/aromatic N) is 4. The van der Waals surface area contributed by atoms with Gasteiger partial charge in [-0.05, 0) is 33.6 Å². The Morgan fingerprint density at radius 3 is 2.36 bits per heavy atom. The molecule has 2 heterocycles. The number of aromatic carboxylic acids is 1. The van der Waals surface area contributed by atoms with Crippen molar-refractivity contribution in [2.45, 2.75) is 44.8 Å². The molecule has 25 heavy (non-hydrogen) atoms. The van der Waals surface area contributed by atoms with E-state index in [2.05, 4.69) is 9.97 Å². The quantitative estimate of drug-likeness (QED) is 0.889. The van der Waals surface area contributed by atoms with Crippen molar-refractivity contribution in [2.24, 2.45) is 5.92 Å². The molecule has 136 valence electrons. The molecule has 1 aromatic rings. The molecule has 0 unspecified atom stereocenters. The van der Waals surface area contributed by atoms with Gasteiger partial charge in [-0.25, -0.2) is 19.6 Å². The number of carboxylic acids is 1. The molecule has 2 fully saturated rings. The molecule has 1 N–H and O–H groups in total. The third-order valence-electron chi connectivity index (χ3n) is 4.92. The highest BCUT2D eigenvalue weighted by molar-refractivity contribution is 5.84. The second-order valence-corrected chi connectivity index (χ2v) is 7.81. The second-order valence-electron chi connectivity index (χ2n) is 7.81. The minimum absolute atomic E-state index is 0.0656. The monoisotopic (exact) mass is 348 g/mol. The van der Waals surface area contributed by atoms with Gasteiger partial charge in [-0.1, -0.05) is 0 Å². The number of carbonyl (C=O) groups excluding carboxylic acids is 1. The van der Waals surface area contributed by atoms with Crippen LogP contribution in [-0.2, 0) is 4.74 Å². The number of carbonyl (C=O) groups is 2. The molecule has 0 bridgehead atoms. The molecule has 0 spiro atoms. The molecule has 2 aliphatic rings. The topological polar surface area (TPSA) is 95.9 Å². The average molecular weight is 348 g/mol. The molecule has 8 heteroatoms. The maximum absolute atomic E-state index is 12.4. The van der Waals surface area contributed by atoms with E-state index in [0.29, 0.717) is 11.7 Å². The molecule has 0 aromatic carbocycles. The first-order valence-electron chi connectivity index (χ1n) is 8.39.